The molecule has 2 rings (SSSR count). The maximum Gasteiger partial charge on any atom is 0.234 e. The summed E-state index contributed by atoms with van der Waals surface area (Å²) in [4.78, 5) is 13.7. The molecule has 0 spiro atoms. The van der Waals surface area contributed by atoms with Crippen molar-refractivity contribution < 1.29 is 9.90 Å². The Labute approximate surface area is 90.6 Å². The molecule has 0 atom stereocenters. The van der Waals surface area contributed by atoms with E-state index < -0.39 is 0 Å². The fourth-order valence-electron chi connectivity index (χ4n) is 2.56. The van der Waals surface area contributed by atoms with E-state index >= 15 is 0 Å². The lowest BCUT2D eigenvalue weighted by Gasteiger charge is -2.34. The molecule has 1 heterocycles. The molecule has 1 aliphatic carbocycles. The van der Waals surface area contributed by atoms with Gasteiger partial charge in [-0.25, -0.2) is 0 Å². The summed E-state index contributed by atoms with van der Waals surface area (Å²) in [6.45, 7) is 2.37. The normalized spacial score (nSPS) is 34.6. The molecule has 1 saturated heterocycles. The van der Waals surface area contributed by atoms with Crippen LogP contribution in [0.5, 0.6) is 0 Å². The highest BCUT2D eigenvalue weighted by atomic mass is 16.3. The highest BCUT2D eigenvalue weighted by Gasteiger charge is 2.26. The number of nitrogens with zero attached hydrogens (tertiary/aromatic N) is 1. The van der Waals surface area contributed by atoms with E-state index in [1.807, 2.05) is 0 Å². The predicted molar refractivity (Wildman–Crippen MR) is 57.5 cm³/mol. The van der Waals surface area contributed by atoms with Crippen LogP contribution in [0.1, 0.15) is 32.1 Å². The van der Waals surface area contributed by atoms with E-state index in [1.54, 1.807) is 0 Å². The van der Waals surface area contributed by atoms with E-state index in [-0.39, 0.29) is 12.0 Å². The Kier molecular flexibility index (Phi) is 3.59. The zero-order valence-corrected chi connectivity index (χ0v) is 9.11. The van der Waals surface area contributed by atoms with Crippen molar-refractivity contribution >= 4 is 5.91 Å². The Hall–Kier alpha value is -0.610. The van der Waals surface area contributed by atoms with Gasteiger partial charge in [0, 0.05) is 19.1 Å². The first-order valence-electron chi connectivity index (χ1n) is 5.94. The molecule has 0 aromatic rings. The minimum atomic E-state index is -0.109. The van der Waals surface area contributed by atoms with Gasteiger partial charge in [0.15, 0.2) is 0 Å². The summed E-state index contributed by atoms with van der Waals surface area (Å²) in [6, 6.07) is 0.511. The third-order valence-corrected chi connectivity index (χ3v) is 3.47. The van der Waals surface area contributed by atoms with Crippen molar-refractivity contribution in [3.8, 4) is 0 Å². The number of nitrogens with one attached hydrogen (secondary N) is 1. The van der Waals surface area contributed by atoms with Crippen LogP contribution in [0.15, 0.2) is 0 Å². The molecule has 0 aromatic heterocycles. The van der Waals surface area contributed by atoms with Gasteiger partial charge in [-0.1, -0.05) is 0 Å². The fraction of sp³-hybridized carbons (Fsp3) is 0.909. The molecular formula is C11H20N2O2. The number of hydrogen-bond donors (Lipinski definition) is 2. The van der Waals surface area contributed by atoms with Crippen molar-refractivity contribution in [3.05, 3.63) is 0 Å². The summed E-state index contributed by atoms with van der Waals surface area (Å²) < 4.78 is 0. The van der Waals surface area contributed by atoms with Crippen molar-refractivity contribution in [3.63, 3.8) is 0 Å². The summed E-state index contributed by atoms with van der Waals surface area (Å²) in [5.74, 6) is 0.152. The van der Waals surface area contributed by atoms with E-state index in [1.165, 1.54) is 0 Å². The van der Waals surface area contributed by atoms with Gasteiger partial charge in [-0.2, -0.15) is 0 Å². The lowest BCUT2D eigenvalue weighted by Crippen LogP contribution is -2.42. The van der Waals surface area contributed by atoms with Crippen LogP contribution in [-0.2, 0) is 4.79 Å². The Morgan fingerprint density at radius 1 is 1.27 bits per heavy atom. The van der Waals surface area contributed by atoms with Crippen molar-refractivity contribution in [1.82, 2.24) is 10.2 Å². The van der Waals surface area contributed by atoms with Crippen molar-refractivity contribution in [2.24, 2.45) is 0 Å². The highest BCUT2D eigenvalue weighted by molar-refractivity contribution is 5.78. The van der Waals surface area contributed by atoms with Gasteiger partial charge >= 0.3 is 0 Å². The topological polar surface area (TPSA) is 52.6 Å². The first kappa shape index (κ1) is 10.9. The Morgan fingerprint density at radius 2 is 2.00 bits per heavy atom. The van der Waals surface area contributed by atoms with Gasteiger partial charge in [-0.05, 0) is 32.1 Å². The van der Waals surface area contributed by atoms with Gasteiger partial charge in [-0.15, -0.1) is 0 Å². The number of hydrogen-bond acceptors (Lipinski definition) is 3. The van der Waals surface area contributed by atoms with Gasteiger partial charge in [-0.3, -0.25) is 9.69 Å². The smallest absolute Gasteiger partial charge is 0.234 e. The van der Waals surface area contributed by atoms with Crippen LogP contribution in [0.25, 0.3) is 0 Å². The van der Waals surface area contributed by atoms with Gasteiger partial charge in [0.1, 0.15) is 0 Å². The number of amides is 1. The van der Waals surface area contributed by atoms with Crippen LogP contribution >= 0.6 is 0 Å². The number of aliphatic hydroxyl groups is 1. The Bertz CT molecular complexity index is 225. The molecule has 0 unspecified atom stereocenters. The molecule has 0 bridgehead atoms. The summed E-state index contributed by atoms with van der Waals surface area (Å²) in [7, 11) is 0. The number of carbonyl (C=O) groups excluding carboxylic acids is 1. The first-order valence-corrected chi connectivity index (χ1v) is 5.94. The molecule has 4 heteroatoms. The average Bonchev–Trinajstić information content (AvgIpc) is 2.44. The fourth-order valence-corrected chi connectivity index (χ4v) is 2.56. The van der Waals surface area contributed by atoms with E-state index in [9.17, 15) is 9.90 Å². The quantitative estimate of drug-likeness (QED) is 0.649. The molecule has 15 heavy (non-hydrogen) atoms. The average molecular weight is 212 g/mol. The van der Waals surface area contributed by atoms with Crippen LogP contribution in [0, 0.1) is 0 Å². The molecule has 1 saturated carbocycles. The lowest BCUT2D eigenvalue weighted by atomic mass is 9.92. The van der Waals surface area contributed by atoms with E-state index in [0.29, 0.717) is 12.6 Å². The third kappa shape index (κ3) is 2.92. The van der Waals surface area contributed by atoms with Crippen LogP contribution in [0.3, 0.4) is 0 Å². The van der Waals surface area contributed by atoms with Crippen molar-refractivity contribution in [2.45, 2.75) is 44.2 Å². The van der Waals surface area contributed by atoms with Crippen LogP contribution < -0.4 is 5.32 Å². The zero-order chi connectivity index (χ0) is 10.7. The van der Waals surface area contributed by atoms with Crippen LogP contribution in [-0.4, -0.2) is 47.7 Å². The molecule has 0 radical (unpaired) electrons. The molecule has 1 amide bonds. The predicted octanol–water partition coefficient (Wildman–Crippen LogP) is 0.112. The summed E-state index contributed by atoms with van der Waals surface area (Å²) in [5.41, 5.74) is 0. The van der Waals surface area contributed by atoms with Crippen LogP contribution in [0.4, 0.5) is 0 Å². The van der Waals surface area contributed by atoms with Crippen molar-refractivity contribution in [1.29, 1.82) is 0 Å². The summed E-state index contributed by atoms with van der Waals surface area (Å²) >= 11 is 0. The second-order valence-electron chi connectivity index (χ2n) is 4.64. The lowest BCUT2D eigenvalue weighted by molar-refractivity contribution is -0.122. The van der Waals surface area contributed by atoms with E-state index in [2.05, 4.69) is 10.2 Å². The number of aliphatic hydroxyl groups excluding tert-OH is 1. The highest BCUT2D eigenvalue weighted by Crippen LogP contribution is 2.23. The van der Waals surface area contributed by atoms with Gasteiger partial charge < -0.3 is 10.4 Å². The Balaban J connectivity index is 1.88. The third-order valence-electron chi connectivity index (χ3n) is 3.47. The molecule has 1 aliphatic heterocycles. The molecule has 2 N–H and O–H groups in total. The molecular weight excluding hydrogens is 192 g/mol. The summed E-state index contributed by atoms with van der Waals surface area (Å²) in [6.07, 6.45) is 4.79. The number of carbonyl (C=O) groups is 1. The van der Waals surface area contributed by atoms with Gasteiger partial charge in [0.2, 0.25) is 5.91 Å². The maximum absolute atomic E-state index is 11.4. The molecule has 2 aliphatic rings. The van der Waals surface area contributed by atoms with Crippen LogP contribution in [0.2, 0.25) is 0 Å². The number of rotatable bonds is 1. The molecule has 86 valence electrons. The molecule has 4 nitrogen and oxygen atoms in total. The first-order chi connectivity index (χ1) is 7.25. The second kappa shape index (κ2) is 4.94. The minimum Gasteiger partial charge on any atom is -0.393 e. The van der Waals surface area contributed by atoms with E-state index in [0.717, 1.165) is 45.2 Å². The summed E-state index contributed by atoms with van der Waals surface area (Å²) in [5, 5.41) is 12.3. The molecule has 0 aromatic carbocycles. The second-order valence-corrected chi connectivity index (χ2v) is 4.64. The maximum atomic E-state index is 11.4. The van der Waals surface area contributed by atoms with Gasteiger partial charge in [0.05, 0.1) is 12.6 Å². The van der Waals surface area contributed by atoms with E-state index in [4.69, 9.17) is 0 Å². The zero-order valence-electron chi connectivity index (χ0n) is 9.11. The van der Waals surface area contributed by atoms with Crippen molar-refractivity contribution in [2.75, 3.05) is 19.6 Å². The Morgan fingerprint density at radius 3 is 2.73 bits per heavy atom. The van der Waals surface area contributed by atoms with Gasteiger partial charge in [0.25, 0.3) is 0 Å². The standard InChI is InChI=1S/C11H20N2O2/c14-10-4-2-9(3-5-10)13-7-1-6-12-11(15)8-13/h9-10,14H,1-8H2,(H,12,15). The largest absolute Gasteiger partial charge is 0.393 e. The monoisotopic (exact) mass is 212 g/mol. The minimum absolute atomic E-state index is 0.109. The molecule has 2 fully saturated rings. The SMILES string of the molecule is O=C1CN(C2CCC(O)CC2)CCCN1.